The summed E-state index contributed by atoms with van der Waals surface area (Å²) in [5.74, 6) is 0.390. The SMILES string of the molecule is Cn1cc([C@H]2CNC[C@@H]2C(=O)N2CCOC(c3ccccc3)C2)cn1. The zero-order valence-electron chi connectivity index (χ0n) is 14.5. The lowest BCUT2D eigenvalue weighted by atomic mass is 9.89. The lowest BCUT2D eigenvalue weighted by Gasteiger charge is -2.35. The minimum Gasteiger partial charge on any atom is -0.370 e. The molecule has 2 saturated heterocycles. The maximum atomic E-state index is 13.2. The average Bonchev–Trinajstić information content (AvgIpc) is 3.30. The van der Waals surface area contributed by atoms with Crippen molar-refractivity contribution in [2.24, 2.45) is 13.0 Å². The van der Waals surface area contributed by atoms with Gasteiger partial charge < -0.3 is 15.0 Å². The normalized spacial score (nSPS) is 26.8. The summed E-state index contributed by atoms with van der Waals surface area (Å²) in [6.07, 6.45) is 3.86. The van der Waals surface area contributed by atoms with Crippen LogP contribution in [0.3, 0.4) is 0 Å². The third kappa shape index (κ3) is 3.32. The Morgan fingerprint density at radius 3 is 2.84 bits per heavy atom. The van der Waals surface area contributed by atoms with Gasteiger partial charge in [-0.1, -0.05) is 30.3 Å². The second-order valence-electron chi connectivity index (χ2n) is 6.87. The molecule has 0 aliphatic carbocycles. The highest BCUT2D eigenvalue weighted by Gasteiger charge is 2.38. The van der Waals surface area contributed by atoms with Crippen LogP contribution in [0.15, 0.2) is 42.7 Å². The summed E-state index contributed by atoms with van der Waals surface area (Å²) >= 11 is 0. The van der Waals surface area contributed by atoms with Crippen LogP contribution in [0.4, 0.5) is 0 Å². The molecule has 3 heterocycles. The number of amides is 1. The maximum absolute atomic E-state index is 13.2. The van der Waals surface area contributed by atoms with Crippen LogP contribution in [0.25, 0.3) is 0 Å². The molecule has 2 aliphatic heterocycles. The van der Waals surface area contributed by atoms with Crippen LogP contribution in [-0.2, 0) is 16.6 Å². The monoisotopic (exact) mass is 340 g/mol. The zero-order valence-corrected chi connectivity index (χ0v) is 14.5. The van der Waals surface area contributed by atoms with Gasteiger partial charge in [-0.3, -0.25) is 9.48 Å². The van der Waals surface area contributed by atoms with E-state index < -0.39 is 0 Å². The largest absolute Gasteiger partial charge is 0.370 e. The molecule has 6 heteroatoms. The van der Waals surface area contributed by atoms with E-state index in [1.165, 1.54) is 0 Å². The number of ether oxygens (including phenoxy) is 1. The molecule has 1 aromatic heterocycles. The van der Waals surface area contributed by atoms with E-state index in [1.54, 1.807) is 4.68 Å². The van der Waals surface area contributed by atoms with Crippen molar-refractivity contribution in [1.29, 1.82) is 0 Å². The van der Waals surface area contributed by atoms with E-state index in [9.17, 15) is 4.79 Å². The molecule has 1 unspecified atom stereocenters. The van der Waals surface area contributed by atoms with E-state index in [1.807, 2.05) is 42.5 Å². The summed E-state index contributed by atoms with van der Waals surface area (Å²) in [7, 11) is 1.91. The van der Waals surface area contributed by atoms with Crippen molar-refractivity contribution in [3.8, 4) is 0 Å². The van der Waals surface area contributed by atoms with Crippen LogP contribution in [0.2, 0.25) is 0 Å². The van der Waals surface area contributed by atoms with Crippen molar-refractivity contribution >= 4 is 5.91 Å². The Morgan fingerprint density at radius 2 is 2.08 bits per heavy atom. The molecule has 25 heavy (non-hydrogen) atoms. The molecule has 0 radical (unpaired) electrons. The lowest BCUT2D eigenvalue weighted by Crippen LogP contribution is -2.46. The van der Waals surface area contributed by atoms with Crippen molar-refractivity contribution in [3.63, 3.8) is 0 Å². The number of hydrogen-bond donors (Lipinski definition) is 1. The van der Waals surface area contributed by atoms with Crippen LogP contribution in [0.5, 0.6) is 0 Å². The quantitative estimate of drug-likeness (QED) is 0.916. The van der Waals surface area contributed by atoms with E-state index in [0.29, 0.717) is 19.7 Å². The first-order valence-corrected chi connectivity index (χ1v) is 8.87. The first kappa shape index (κ1) is 16.3. The number of benzene rings is 1. The molecule has 0 spiro atoms. The van der Waals surface area contributed by atoms with E-state index in [2.05, 4.69) is 22.5 Å². The van der Waals surface area contributed by atoms with Crippen molar-refractivity contribution in [2.75, 3.05) is 32.8 Å². The number of aryl methyl sites for hydroxylation is 1. The van der Waals surface area contributed by atoms with Crippen LogP contribution in [0, 0.1) is 5.92 Å². The molecular formula is C19H24N4O2. The van der Waals surface area contributed by atoms with Crippen molar-refractivity contribution in [3.05, 3.63) is 53.9 Å². The van der Waals surface area contributed by atoms with Gasteiger partial charge >= 0.3 is 0 Å². The molecule has 6 nitrogen and oxygen atoms in total. The summed E-state index contributed by atoms with van der Waals surface area (Å²) in [5, 5.41) is 7.64. The van der Waals surface area contributed by atoms with Crippen LogP contribution in [0.1, 0.15) is 23.1 Å². The number of morpholine rings is 1. The number of rotatable bonds is 3. The van der Waals surface area contributed by atoms with Gasteiger partial charge in [0.15, 0.2) is 0 Å². The predicted molar refractivity (Wildman–Crippen MR) is 94.0 cm³/mol. The Bertz CT molecular complexity index is 730. The van der Waals surface area contributed by atoms with Crippen LogP contribution >= 0.6 is 0 Å². The molecule has 2 aliphatic rings. The molecule has 1 amide bonds. The molecule has 132 valence electrons. The van der Waals surface area contributed by atoms with Gasteiger partial charge in [-0.2, -0.15) is 5.10 Å². The second kappa shape index (κ2) is 6.98. The fraction of sp³-hybridized carbons (Fsp3) is 0.474. The van der Waals surface area contributed by atoms with E-state index in [4.69, 9.17) is 4.74 Å². The Hall–Kier alpha value is -2.18. The fourth-order valence-electron chi connectivity index (χ4n) is 3.87. The number of carbonyl (C=O) groups is 1. The number of hydrogen-bond acceptors (Lipinski definition) is 4. The fourth-order valence-corrected chi connectivity index (χ4v) is 3.87. The molecule has 3 atom stereocenters. The topological polar surface area (TPSA) is 59.4 Å². The third-order valence-electron chi connectivity index (χ3n) is 5.23. The number of nitrogens with zero attached hydrogens (tertiary/aromatic N) is 3. The minimum absolute atomic E-state index is 0.0290. The lowest BCUT2D eigenvalue weighted by molar-refractivity contribution is -0.143. The Balaban J connectivity index is 1.48. The molecule has 0 bridgehead atoms. The smallest absolute Gasteiger partial charge is 0.227 e. The second-order valence-corrected chi connectivity index (χ2v) is 6.87. The average molecular weight is 340 g/mol. The highest BCUT2D eigenvalue weighted by molar-refractivity contribution is 5.80. The van der Waals surface area contributed by atoms with E-state index in [-0.39, 0.29) is 23.8 Å². The summed E-state index contributed by atoms with van der Waals surface area (Å²) in [6, 6.07) is 10.2. The first-order valence-electron chi connectivity index (χ1n) is 8.87. The molecular weight excluding hydrogens is 316 g/mol. The summed E-state index contributed by atoms with van der Waals surface area (Å²) < 4.78 is 7.70. The third-order valence-corrected chi connectivity index (χ3v) is 5.23. The minimum atomic E-state index is -0.0369. The van der Waals surface area contributed by atoms with Crippen molar-refractivity contribution in [1.82, 2.24) is 20.0 Å². The number of nitrogens with one attached hydrogen (secondary N) is 1. The molecule has 2 fully saturated rings. The highest BCUT2D eigenvalue weighted by Crippen LogP contribution is 2.31. The molecule has 1 N–H and O–H groups in total. The van der Waals surface area contributed by atoms with Gasteiger partial charge in [0.25, 0.3) is 0 Å². The molecule has 2 aromatic rings. The predicted octanol–water partition coefficient (Wildman–Crippen LogP) is 1.32. The van der Waals surface area contributed by atoms with Gasteiger partial charge in [-0.15, -0.1) is 0 Å². The van der Waals surface area contributed by atoms with E-state index >= 15 is 0 Å². The summed E-state index contributed by atoms with van der Waals surface area (Å²) in [5.41, 5.74) is 2.27. The maximum Gasteiger partial charge on any atom is 0.227 e. The Labute approximate surface area is 147 Å². The van der Waals surface area contributed by atoms with Gasteiger partial charge in [-0.25, -0.2) is 0 Å². The van der Waals surface area contributed by atoms with Gasteiger partial charge in [0, 0.05) is 38.8 Å². The molecule has 1 aromatic carbocycles. The van der Waals surface area contributed by atoms with Crippen LogP contribution < -0.4 is 5.32 Å². The number of carbonyl (C=O) groups excluding carboxylic acids is 1. The van der Waals surface area contributed by atoms with E-state index in [0.717, 1.165) is 24.2 Å². The van der Waals surface area contributed by atoms with Gasteiger partial charge in [0.2, 0.25) is 5.91 Å². The van der Waals surface area contributed by atoms with Crippen molar-refractivity contribution < 1.29 is 9.53 Å². The van der Waals surface area contributed by atoms with Gasteiger partial charge in [0.1, 0.15) is 6.10 Å². The highest BCUT2D eigenvalue weighted by atomic mass is 16.5. The molecule has 4 rings (SSSR count). The van der Waals surface area contributed by atoms with Gasteiger partial charge in [-0.05, 0) is 11.1 Å². The van der Waals surface area contributed by atoms with Gasteiger partial charge in [0.05, 0.1) is 25.3 Å². The van der Waals surface area contributed by atoms with Crippen LogP contribution in [-0.4, -0.2) is 53.4 Å². The zero-order chi connectivity index (χ0) is 17.2. The van der Waals surface area contributed by atoms with Crippen molar-refractivity contribution in [2.45, 2.75) is 12.0 Å². The summed E-state index contributed by atoms with van der Waals surface area (Å²) in [4.78, 5) is 15.1. The Morgan fingerprint density at radius 1 is 1.24 bits per heavy atom. The summed E-state index contributed by atoms with van der Waals surface area (Å²) in [6.45, 7) is 3.43. The standard InChI is InChI=1S/C19H24N4O2/c1-22-12-15(9-21-22)16-10-20-11-17(16)19(24)23-7-8-25-18(13-23)14-5-3-2-4-6-14/h2-6,9,12,16-18,20H,7-8,10-11,13H2,1H3/t16-,17+,18?/m1/s1. The Kier molecular flexibility index (Phi) is 4.55. The first-order chi connectivity index (χ1) is 12.2. The molecule has 0 saturated carbocycles. The number of aromatic nitrogens is 2.